The third-order valence-corrected chi connectivity index (χ3v) is 2.79. The molecule has 16 heavy (non-hydrogen) atoms. The van der Waals surface area contributed by atoms with E-state index < -0.39 is 0 Å². The van der Waals surface area contributed by atoms with Gasteiger partial charge in [-0.1, -0.05) is 41.4 Å². The molecule has 0 fully saturated rings. The number of nitrogens with one attached hydrogen (secondary N) is 1. The molecule has 0 radical (unpaired) electrons. The quantitative estimate of drug-likeness (QED) is 0.831. The summed E-state index contributed by atoms with van der Waals surface area (Å²) in [5, 5.41) is 3.49. The monoisotopic (exact) mass is 237 g/mol. The van der Waals surface area contributed by atoms with Crippen molar-refractivity contribution in [3.8, 4) is 0 Å². The fourth-order valence-electron chi connectivity index (χ4n) is 1.61. The molecule has 1 heterocycles. The van der Waals surface area contributed by atoms with Gasteiger partial charge in [-0.3, -0.25) is 0 Å². The van der Waals surface area contributed by atoms with Crippen LogP contribution in [0.3, 0.4) is 0 Å². The predicted octanol–water partition coefficient (Wildman–Crippen LogP) is 3.44. The predicted molar refractivity (Wildman–Crippen MR) is 65.0 cm³/mol. The first-order valence-electron chi connectivity index (χ1n) is 5.19. The molecule has 1 aromatic rings. The van der Waals surface area contributed by atoms with Crippen molar-refractivity contribution in [2.75, 3.05) is 6.54 Å². The molecular weight excluding hydrogens is 225 g/mol. The zero-order valence-electron chi connectivity index (χ0n) is 9.06. The van der Waals surface area contributed by atoms with Crippen LogP contribution in [0.5, 0.6) is 0 Å². The van der Waals surface area contributed by atoms with Gasteiger partial charge in [0.2, 0.25) is 0 Å². The summed E-state index contributed by atoms with van der Waals surface area (Å²) in [4.78, 5) is 0. The highest BCUT2D eigenvalue weighted by atomic mass is 35.5. The van der Waals surface area contributed by atoms with Crippen molar-refractivity contribution in [2.24, 2.45) is 0 Å². The highest BCUT2D eigenvalue weighted by molar-refractivity contribution is 6.30. The van der Waals surface area contributed by atoms with Crippen LogP contribution in [0, 0.1) is 6.92 Å². The second kappa shape index (κ2) is 4.71. The number of hydrogen-bond acceptors (Lipinski definition) is 1. The average Bonchev–Trinajstić information content (AvgIpc) is 2.25. The van der Waals surface area contributed by atoms with Crippen LogP contribution >= 0.6 is 11.6 Å². The first kappa shape index (κ1) is 11.2. The van der Waals surface area contributed by atoms with E-state index in [1.807, 2.05) is 31.2 Å². The molecule has 0 amide bonds. The van der Waals surface area contributed by atoms with Gasteiger partial charge in [-0.05, 0) is 18.6 Å². The molecule has 0 aliphatic carbocycles. The van der Waals surface area contributed by atoms with Crippen molar-refractivity contribution in [2.45, 2.75) is 13.3 Å². The fraction of sp³-hybridized carbons (Fsp3) is 0.231. The standard InChI is InChI=1S/C13H13ClFN/c1-9-2-4-10(5-3-9)6-13-12(15)7-11(14)8-16-13/h2-5,7,16H,6,8H2,1H3. The van der Waals surface area contributed by atoms with Crippen molar-refractivity contribution >= 4 is 11.6 Å². The van der Waals surface area contributed by atoms with Crippen LogP contribution in [-0.4, -0.2) is 6.54 Å². The SMILES string of the molecule is Cc1ccc(CC2=C(F)C=C(Cl)CN2)cc1. The molecule has 0 aromatic heterocycles. The van der Waals surface area contributed by atoms with Gasteiger partial charge >= 0.3 is 0 Å². The van der Waals surface area contributed by atoms with E-state index in [9.17, 15) is 4.39 Å². The molecule has 2 rings (SSSR count). The first-order chi connectivity index (χ1) is 7.65. The molecule has 0 saturated carbocycles. The number of aryl methyl sites for hydroxylation is 1. The summed E-state index contributed by atoms with van der Waals surface area (Å²) in [7, 11) is 0. The van der Waals surface area contributed by atoms with Gasteiger partial charge in [0, 0.05) is 11.5 Å². The molecule has 1 N–H and O–H groups in total. The Morgan fingerprint density at radius 2 is 2.00 bits per heavy atom. The van der Waals surface area contributed by atoms with E-state index in [1.165, 1.54) is 11.6 Å². The summed E-state index contributed by atoms with van der Waals surface area (Å²) in [5.74, 6) is -0.267. The van der Waals surface area contributed by atoms with Crippen LogP contribution in [0.25, 0.3) is 0 Å². The van der Waals surface area contributed by atoms with Crippen molar-refractivity contribution < 1.29 is 4.39 Å². The fourth-order valence-corrected chi connectivity index (χ4v) is 1.77. The lowest BCUT2D eigenvalue weighted by molar-refractivity contribution is 0.616. The van der Waals surface area contributed by atoms with Crippen LogP contribution in [0.15, 0.2) is 46.9 Å². The molecule has 0 spiro atoms. The average molecular weight is 238 g/mol. The summed E-state index contributed by atoms with van der Waals surface area (Å²) in [6.45, 7) is 2.54. The van der Waals surface area contributed by atoms with Crippen molar-refractivity contribution in [3.63, 3.8) is 0 Å². The minimum absolute atomic E-state index is 0.267. The summed E-state index contributed by atoms with van der Waals surface area (Å²) >= 11 is 5.73. The maximum absolute atomic E-state index is 13.5. The summed E-state index contributed by atoms with van der Waals surface area (Å²) in [6.07, 6.45) is 1.95. The molecule has 84 valence electrons. The maximum Gasteiger partial charge on any atom is 0.143 e. The molecule has 0 atom stereocenters. The third kappa shape index (κ3) is 2.64. The normalized spacial score (nSPS) is 15.8. The summed E-state index contributed by atoms with van der Waals surface area (Å²) < 4.78 is 13.5. The molecule has 1 nitrogen and oxygen atoms in total. The van der Waals surface area contributed by atoms with Gasteiger partial charge in [0.1, 0.15) is 5.83 Å². The number of hydrogen-bond donors (Lipinski definition) is 1. The van der Waals surface area contributed by atoms with Crippen LogP contribution in [-0.2, 0) is 6.42 Å². The van der Waals surface area contributed by atoms with Crippen molar-refractivity contribution in [3.05, 3.63) is 58.0 Å². The van der Waals surface area contributed by atoms with Gasteiger partial charge in [0.05, 0.1) is 12.2 Å². The van der Waals surface area contributed by atoms with Crippen LogP contribution in [0.2, 0.25) is 0 Å². The lowest BCUT2D eigenvalue weighted by Gasteiger charge is -2.15. The highest BCUT2D eigenvalue weighted by Crippen LogP contribution is 2.19. The highest BCUT2D eigenvalue weighted by Gasteiger charge is 2.11. The molecule has 1 aromatic carbocycles. The number of benzene rings is 1. The number of allylic oxidation sites excluding steroid dienone is 3. The molecule has 0 unspecified atom stereocenters. The molecule has 1 aliphatic heterocycles. The molecule has 0 saturated heterocycles. The van der Waals surface area contributed by atoms with E-state index >= 15 is 0 Å². The van der Waals surface area contributed by atoms with Crippen molar-refractivity contribution in [1.82, 2.24) is 5.32 Å². The summed E-state index contributed by atoms with van der Waals surface area (Å²) in [6, 6.07) is 8.08. The van der Waals surface area contributed by atoms with Gasteiger partial charge in [0.15, 0.2) is 0 Å². The van der Waals surface area contributed by atoms with Crippen molar-refractivity contribution in [1.29, 1.82) is 0 Å². The Morgan fingerprint density at radius 3 is 2.62 bits per heavy atom. The van der Waals surface area contributed by atoms with Gasteiger partial charge in [0.25, 0.3) is 0 Å². The molecule has 3 heteroatoms. The third-order valence-electron chi connectivity index (χ3n) is 2.54. The zero-order chi connectivity index (χ0) is 11.5. The Bertz CT molecular complexity index is 446. The van der Waals surface area contributed by atoms with E-state index in [1.54, 1.807) is 0 Å². The second-order valence-electron chi connectivity index (χ2n) is 3.93. The van der Waals surface area contributed by atoms with E-state index in [0.29, 0.717) is 23.7 Å². The largest absolute Gasteiger partial charge is 0.381 e. The van der Waals surface area contributed by atoms with E-state index in [0.717, 1.165) is 5.56 Å². The van der Waals surface area contributed by atoms with E-state index in [-0.39, 0.29) is 5.83 Å². The molecule has 0 bridgehead atoms. The Labute approximate surface area is 99.6 Å². The van der Waals surface area contributed by atoms with E-state index in [2.05, 4.69) is 5.32 Å². The van der Waals surface area contributed by atoms with Crippen LogP contribution in [0.4, 0.5) is 4.39 Å². The minimum Gasteiger partial charge on any atom is -0.381 e. The van der Waals surface area contributed by atoms with Gasteiger partial charge in [-0.15, -0.1) is 0 Å². The Kier molecular flexibility index (Phi) is 3.30. The summed E-state index contributed by atoms with van der Waals surface area (Å²) in [5.41, 5.74) is 2.90. The Hall–Kier alpha value is -1.28. The number of dihydropyridines is 1. The first-order valence-corrected chi connectivity index (χ1v) is 5.57. The van der Waals surface area contributed by atoms with Gasteiger partial charge in [-0.25, -0.2) is 4.39 Å². The molecular formula is C13H13ClFN. The number of rotatable bonds is 2. The number of halogens is 2. The minimum atomic E-state index is -0.267. The van der Waals surface area contributed by atoms with Gasteiger partial charge in [-0.2, -0.15) is 0 Å². The van der Waals surface area contributed by atoms with E-state index in [4.69, 9.17) is 11.6 Å². The van der Waals surface area contributed by atoms with Crippen LogP contribution < -0.4 is 5.32 Å². The maximum atomic E-state index is 13.5. The van der Waals surface area contributed by atoms with Gasteiger partial charge < -0.3 is 5.32 Å². The topological polar surface area (TPSA) is 12.0 Å². The lowest BCUT2D eigenvalue weighted by atomic mass is 10.1. The zero-order valence-corrected chi connectivity index (χ0v) is 9.81. The smallest absolute Gasteiger partial charge is 0.143 e. The Balaban J connectivity index is 2.16. The Morgan fingerprint density at radius 1 is 1.31 bits per heavy atom. The molecule has 1 aliphatic rings. The lowest BCUT2D eigenvalue weighted by Crippen LogP contribution is -2.21. The van der Waals surface area contributed by atoms with Crippen LogP contribution in [0.1, 0.15) is 11.1 Å². The second-order valence-corrected chi connectivity index (χ2v) is 4.42.